The molecule has 0 spiro atoms. The smallest absolute Gasteiger partial charge is 0.446 e. The minimum Gasteiger partial charge on any atom is -0.496 e. The Kier molecular flexibility index (Phi) is 8.31. The first kappa shape index (κ1) is 28.2. The van der Waals surface area contributed by atoms with Gasteiger partial charge in [0.05, 0.1) is 24.2 Å². The second-order valence-electron chi connectivity index (χ2n) is 8.69. The van der Waals surface area contributed by atoms with Gasteiger partial charge in [0.1, 0.15) is 17.9 Å². The first-order chi connectivity index (χ1) is 17.3. The molecule has 1 fully saturated rings. The lowest BCUT2D eigenvalue weighted by Gasteiger charge is -2.41. The third-order valence-electron chi connectivity index (χ3n) is 6.34. The summed E-state index contributed by atoms with van der Waals surface area (Å²) in [6.45, 7) is 9.15. The zero-order valence-corrected chi connectivity index (χ0v) is 21.8. The molecule has 3 aromatic rings. The number of amides is 1. The molecule has 1 aliphatic rings. The van der Waals surface area contributed by atoms with Gasteiger partial charge >= 0.3 is 6.18 Å². The Morgan fingerprint density at radius 1 is 1.32 bits per heavy atom. The molecule has 1 saturated heterocycles. The molecule has 0 aliphatic carbocycles. The average Bonchev–Trinajstić information content (AvgIpc) is 3.17. The lowest BCUT2D eigenvalue weighted by Crippen LogP contribution is -2.48. The molecule has 1 atom stereocenters. The molecule has 4 rings (SSSR count). The zero-order valence-electron chi connectivity index (χ0n) is 21.1. The van der Waals surface area contributed by atoms with E-state index in [2.05, 4.69) is 9.97 Å². The Hall–Kier alpha value is -3.41. The number of anilines is 1. The molecular formula is C24H28ClF3N6O3. The van der Waals surface area contributed by atoms with E-state index in [1.807, 2.05) is 43.3 Å². The summed E-state index contributed by atoms with van der Waals surface area (Å²) < 4.78 is 39.0. The molecule has 1 aromatic carbocycles. The van der Waals surface area contributed by atoms with Gasteiger partial charge in [-0.1, -0.05) is 18.5 Å². The number of aldehydes is 1. The zero-order chi connectivity index (χ0) is 27.7. The average molecular weight is 541 g/mol. The van der Waals surface area contributed by atoms with Gasteiger partial charge in [0.2, 0.25) is 12.2 Å². The number of nitrogens with two attached hydrogens (primary N) is 1. The number of alkyl halides is 3. The highest BCUT2D eigenvalue weighted by Crippen LogP contribution is 2.44. The van der Waals surface area contributed by atoms with Crippen molar-refractivity contribution in [3.05, 3.63) is 39.8 Å². The maximum absolute atomic E-state index is 12.0. The van der Waals surface area contributed by atoms with Gasteiger partial charge in [0.25, 0.3) is 0 Å². The summed E-state index contributed by atoms with van der Waals surface area (Å²) in [5, 5.41) is 6.11. The van der Waals surface area contributed by atoms with Crippen molar-refractivity contribution in [2.75, 3.05) is 25.9 Å². The number of fused-ring (bicyclic) bond motifs is 1. The summed E-state index contributed by atoms with van der Waals surface area (Å²) in [5.41, 5.74) is 10.5. The Morgan fingerprint density at radius 2 is 1.95 bits per heavy atom. The van der Waals surface area contributed by atoms with Crippen LogP contribution in [-0.2, 0) is 9.59 Å². The fraction of sp³-hybridized carbons (Fsp3) is 0.458. The van der Waals surface area contributed by atoms with Crippen LogP contribution in [-0.4, -0.2) is 63.2 Å². The number of methoxy groups -OCH3 is 1. The van der Waals surface area contributed by atoms with E-state index in [1.165, 1.54) is 6.33 Å². The normalized spacial score (nSPS) is 14.6. The highest BCUT2D eigenvalue weighted by Gasteiger charge is 2.36. The summed E-state index contributed by atoms with van der Waals surface area (Å²) in [4.78, 5) is 31.1. The number of hydrogen-bond acceptors (Lipinski definition) is 7. The largest absolute Gasteiger partial charge is 0.496 e. The highest BCUT2D eigenvalue weighted by molar-refractivity contribution is 6.31. The molecule has 2 aromatic heterocycles. The Bertz CT molecular complexity index is 1320. The van der Waals surface area contributed by atoms with E-state index in [0.717, 1.165) is 33.5 Å². The Balaban J connectivity index is 0.000000568. The quantitative estimate of drug-likeness (QED) is 0.477. The topological polar surface area (TPSA) is 116 Å². The molecule has 0 bridgehead atoms. The summed E-state index contributed by atoms with van der Waals surface area (Å²) in [6.07, 6.45) is -3.75. The molecule has 0 radical (unpaired) electrons. The molecule has 1 unspecified atom stereocenters. The van der Waals surface area contributed by atoms with Gasteiger partial charge < -0.3 is 15.4 Å². The minimum absolute atomic E-state index is 0.166. The summed E-state index contributed by atoms with van der Waals surface area (Å²) in [6, 6.07) is 1.73. The fourth-order valence-electron chi connectivity index (χ4n) is 4.45. The number of ether oxygens (including phenoxy) is 1. The fourth-order valence-corrected chi connectivity index (χ4v) is 4.67. The number of rotatable bonds is 5. The van der Waals surface area contributed by atoms with Gasteiger partial charge in [0, 0.05) is 41.6 Å². The molecular weight excluding hydrogens is 513 g/mol. The van der Waals surface area contributed by atoms with Crippen LogP contribution in [0.3, 0.4) is 0 Å². The van der Waals surface area contributed by atoms with Gasteiger partial charge in [-0.2, -0.15) is 18.3 Å². The van der Waals surface area contributed by atoms with Crippen molar-refractivity contribution >= 4 is 40.6 Å². The number of halogens is 4. The number of nitrogen functional groups attached to an aromatic ring is 1. The minimum atomic E-state index is -4.64. The van der Waals surface area contributed by atoms with Crippen LogP contribution in [0, 0.1) is 13.8 Å². The number of likely N-dealkylation sites (tertiary alicyclic amines) is 1. The van der Waals surface area contributed by atoms with Crippen molar-refractivity contribution in [3.63, 3.8) is 0 Å². The van der Waals surface area contributed by atoms with Crippen LogP contribution < -0.4 is 10.5 Å². The maximum Gasteiger partial charge on any atom is 0.446 e. The molecule has 3 heterocycles. The van der Waals surface area contributed by atoms with E-state index < -0.39 is 12.5 Å². The van der Waals surface area contributed by atoms with E-state index >= 15 is 0 Å². The predicted molar refractivity (Wildman–Crippen MR) is 133 cm³/mol. The van der Waals surface area contributed by atoms with Gasteiger partial charge in [0.15, 0.2) is 5.65 Å². The molecule has 200 valence electrons. The van der Waals surface area contributed by atoms with Crippen molar-refractivity contribution in [3.8, 4) is 5.75 Å². The van der Waals surface area contributed by atoms with E-state index in [4.69, 9.17) is 32.0 Å². The van der Waals surface area contributed by atoms with Gasteiger partial charge in [-0.05, 0) is 32.4 Å². The molecule has 13 heteroatoms. The predicted octanol–water partition coefficient (Wildman–Crippen LogP) is 4.38. The number of hydrogen-bond donors (Lipinski definition) is 1. The molecule has 2 N–H and O–H groups in total. The standard InChI is InChI=1S/C22H27ClN6O2.C2HF3O/c1-6-17(30)28-8-14(9-28)18-11(2)16(23)7-15(20(18)31-5)13(4)29-22-19(12(3)27-29)21(24)25-10-26-22;3-2(4,5)1-6/h7,10,13-14H,6,8-9H2,1-5H3,(H2,24,25,26);1H. The molecule has 1 aliphatic heterocycles. The van der Waals surface area contributed by atoms with Crippen LogP contribution in [0.15, 0.2) is 12.4 Å². The van der Waals surface area contributed by atoms with Crippen LogP contribution >= 0.6 is 11.6 Å². The van der Waals surface area contributed by atoms with Crippen LogP contribution in [0.25, 0.3) is 11.0 Å². The SMILES string of the molecule is CCC(=O)N1CC(c2c(C)c(Cl)cc(C(C)n3nc(C)c4c(N)ncnc43)c2OC)C1.O=CC(F)(F)F. The number of aryl methyl sites for hydroxylation is 1. The van der Waals surface area contributed by atoms with Crippen molar-refractivity contribution < 1.29 is 27.5 Å². The second-order valence-corrected chi connectivity index (χ2v) is 9.10. The Labute approximate surface area is 216 Å². The molecule has 1 amide bonds. The first-order valence-electron chi connectivity index (χ1n) is 11.5. The van der Waals surface area contributed by atoms with Crippen molar-refractivity contribution in [1.82, 2.24) is 24.6 Å². The lowest BCUT2D eigenvalue weighted by molar-refractivity contribution is -0.156. The van der Waals surface area contributed by atoms with Crippen LogP contribution in [0.5, 0.6) is 5.75 Å². The van der Waals surface area contributed by atoms with E-state index in [0.29, 0.717) is 36.0 Å². The van der Waals surface area contributed by atoms with Crippen LogP contribution in [0.2, 0.25) is 5.02 Å². The maximum atomic E-state index is 12.0. The van der Waals surface area contributed by atoms with Gasteiger partial charge in [-0.15, -0.1) is 0 Å². The number of carbonyl (C=O) groups is 2. The summed E-state index contributed by atoms with van der Waals surface area (Å²) in [7, 11) is 1.67. The lowest BCUT2D eigenvalue weighted by atomic mass is 9.85. The van der Waals surface area contributed by atoms with E-state index in [9.17, 15) is 18.0 Å². The summed E-state index contributed by atoms with van der Waals surface area (Å²) in [5.74, 6) is 1.54. The monoisotopic (exact) mass is 540 g/mol. The third kappa shape index (κ3) is 5.63. The number of benzene rings is 1. The third-order valence-corrected chi connectivity index (χ3v) is 6.74. The van der Waals surface area contributed by atoms with Crippen molar-refractivity contribution in [2.45, 2.75) is 52.3 Å². The number of carbonyl (C=O) groups excluding carboxylic acids is 2. The number of aromatic nitrogens is 4. The first-order valence-corrected chi connectivity index (χ1v) is 11.8. The van der Waals surface area contributed by atoms with E-state index in [1.54, 1.807) is 7.11 Å². The van der Waals surface area contributed by atoms with Gasteiger partial charge in [-0.25, -0.2) is 14.6 Å². The highest BCUT2D eigenvalue weighted by atomic mass is 35.5. The van der Waals surface area contributed by atoms with Gasteiger partial charge in [-0.3, -0.25) is 9.59 Å². The van der Waals surface area contributed by atoms with Crippen molar-refractivity contribution in [2.24, 2.45) is 0 Å². The number of nitrogens with zero attached hydrogens (tertiary/aromatic N) is 5. The summed E-state index contributed by atoms with van der Waals surface area (Å²) >= 11 is 6.67. The van der Waals surface area contributed by atoms with Crippen molar-refractivity contribution in [1.29, 1.82) is 0 Å². The van der Waals surface area contributed by atoms with E-state index in [-0.39, 0.29) is 17.9 Å². The molecule has 0 saturated carbocycles. The second kappa shape index (κ2) is 10.9. The Morgan fingerprint density at radius 3 is 2.49 bits per heavy atom. The molecule has 37 heavy (non-hydrogen) atoms. The van der Waals surface area contributed by atoms with Crippen LogP contribution in [0.4, 0.5) is 19.0 Å². The molecule has 9 nitrogen and oxygen atoms in total. The van der Waals surface area contributed by atoms with Crippen LogP contribution in [0.1, 0.15) is 54.6 Å².